The Kier molecular flexibility index (Phi) is 8.52. The van der Waals surface area contributed by atoms with Crippen molar-refractivity contribution in [3.8, 4) is 0 Å². The van der Waals surface area contributed by atoms with Crippen molar-refractivity contribution in [1.29, 1.82) is 0 Å². The lowest BCUT2D eigenvalue weighted by molar-refractivity contribution is -0.120. The Hall–Kier alpha value is -1.26. The molecule has 0 aromatic heterocycles. The van der Waals surface area contributed by atoms with Gasteiger partial charge in [-0.1, -0.05) is 20.3 Å². The van der Waals surface area contributed by atoms with E-state index in [4.69, 9.17) is 0 Å². The van der Waals surface area contributed by atoms with Gasteiger partial charge in [-0.05, 0) is 12.8 Å². The molecule has 0 bridgehead atoms. The molecule has 0 heterocycles. The highest BCUT2D eigenvalue weighted by atomic mass is 16.2. The van der Waals surface area contributed by atoms with Crippen LogP contribution in [0.5, 0.6) is 0 Å². The fourth-order valence-corrected chi connectivity index (χ4v) is 0.929. The smallest absolute Gasteiger partial charge is 0.315 e. The second kappa shape index (κ2) is 9.30. The van der Waals surface area contributed by atoms with E-state index in [-0.39, 0.29) is 18.5 Å². The Balaban J connectivity index is 3.40. The van der Waals surface area contributed by atoms with Crippen LogP contribution in [0.1, 0.15) is 33.1 Å². The SMILES string of the molecule is CCCCNC(=O)NCC(=O)NCCC. The van der Waals surface area contributed by atoms with Gasteiger partial charge < -0.3 is 16.0 Å². The first kappa shape index (κ1) is 13.7. The van der Waals surface area contributed by atoms with Gasteiger partial charge in [0.1, 0.15) is 0 Å². The van der Waals surface area contributed by atoms with Crippen molar-refractivity contribution in [1.82, 2.24) is 16.0 Å². The maximum Gasteiger partial charge on any atom is 0.315 e. The van der Waals surface area contributed by atoms with Crippen molar-refractivity contribution in [2.45, 2.75) is 33.1 Å². The zero-order valence-corrected chi connectivity index (χ0v) is 9.56. The number of urea groups is 1. The van der Waals surface area contributed by atoms with Gasteiger partial charge in [0.05, 0.1) is 6.54 Å². The minimum atomic E-state index is -0.282. The molecule has 3 N–H and O–H groups in total. The van der Waals surface area contributed by atoms with E-state index in [9.17, 15) is 9.59 Å². The summed E-state index contributed by atoms with van der Waals surface area (Å²) in [5.74, 6) is -0.150. The van der Waals surface area contributed by atoms with Gasteiger partial charge in [0.2, 0.25) is 5.91 Å². The molecule has 88 valence electrons. The molecule has 0 rings (SSSR count). The highest BCUT2D eigenvalue weighted by Gasteiger charge is 2.02. The van der Waals surface area contributed by atoms with E-state index in [0.717, 1.165) is 19.3 Å². The summed E-state index contributed by atoms with van der Waals surface area (Å²) < 4.78 is 0. The number of unbranched alkanes of at least 4 members (excludes halogenated alkanes) is 1. The second-order valence-corrected chi connectivity index (χ2v) is 3.31. The molecular weight excluding hydrogens is 194 g/mol. The van der Waals surface area contributed by atoms with E-state index >= 15 is 0 Å². The molecule has 0 aromatic carbocycles. The number of carbonyl (C=O) groups excluding carboxylic acids is 2. The third-order valence-electron chi connectivity index (χ3n) is 1.80. The van der Waals surface area contributed by atoms with E-state index in [1.807, 2.05) is 6.92 Å². The van der Waals surface area contributed by atoms with Crippen molar-refractivity contribution in [3.05, 3.63) is 0 Å². The van der Waals surface area contributed by atoms with Crippen LogP contribution in [0, 0.1) is 0 Å². The molecule has 0 radical (unpaired) electrons. The van der Waals surface area contributed by atoms with Crippen molar-refractivity contribution in [2.75, 3.05) is 19.6 Å². The van der Waals surface area contributed by atoms with Gasteiger partial charge in [0, 0.05) is 13.1 Å². The topological polar surface area (TPSA) is 70.2 Å². The van der Waals surface area contributed by atoms with Crippen LogP contribution < -0.4 is 16.0 Å². The lowest BCUT2D eigenvalue weighted by atomic mass is 10.3. The molecule has 0 aliphatic heterocycles. The van der Waals surface area contributed by atoms with Crippen molar-refractivity contribution in [3.63, 3.8) is 0 Å². The summed E-state index contributed by atoms with van der Waals surface area (Å²) in [5.41, 5.74) is 0. The molecule has 0 saturated heterocycles. The number of rotatable bonds is 7. The molecule has 0 unspecified atom stereocenters. The van der Waals surface area contributed by atoms with E-state index < -0.39 is 0 Å². The molecule has 0 aromatic rings. The monoisotopic (exact) mass is 215 g/mol. The zero-order chi connectivity index (χ0) is 11.5. The summed E-state index contributed by atoms with van der Waals surface area (Å²) in [4.78, 5) is 22.2. The molecule has 0 saturated carbocycles. The molecule has 0 aliphatic carbocycles. The highest BCUT2D eigenvalue weighted by molar-refractivity contribution is 5.83. The molecule has 0 fully saturated rings. The third-order valence-corrected chi connectivity index (χ3v) is 1.80. The van der Waals surface area contributed by atoms with Crippen LogP contribution in [0.4, 0.5) is 4.79 Å². The fraction of sp³-hybridized carbons (Fsp3) is 0.800. The molecular formula is C10H21N3O2. The van der Waals surface area contributed by atoms with Crippen molar-refractivity contribution in [2.24, 2.45) is 0 Å². The molecule has 3 amide bonds. The second-order valence-electron chi connectivity index (χ2n) is 3.31. The van der Waals surface area contributed by atoms with E-state index in [2.05, 4.69) is 22.9 Å². The summed E-state index contributed by atoms with van der Waals surface area (Å²) in [6, 6.07) is -0.282. The Labute approximate surface area is 91.0 Å². The molecule has 5 nitrogen and oxygen atoms in total. The van der Waals surface area contributed by atoms with E-state index in [0.29, 0.717) is 13.1 Å². The van der Waals surface area contributed by atoms with Crippen molar-refractivity contribution < 1.29 is 9.59 Å². The average Bonchev–Trinajstić information content (AvgIpc) is 2.24. The number of nitrogens with one attached hydrogen (secondary N) is 3. The Morgan fingerprint density at radius 1 is 0.933 bits per heavy atom. The van der Waals surface area contributed by atoms with Crippen LogP contribution in [0.3, 0.4) is 0 Å². The van der Waals surface area contributed by atoms with Crippen LogP contribution in [-0.2, 0) is 4.79 Å². The van der Waals surface area contributed by atoms with Crippen LogP contribution in [0.25, 0.3) is 0 Å². The van der Waals surface area contributed by atoms with Gasteiger partial charge in [-0.25, -0.2) is 4.79 Å². The number of hydrogen-bond donors (Lipinski definition) is 3. The zero-order valence-electron chi connectivity index (χ0n) is 9.56. The summed E-state index contributed by atoms with van der Waals surface area (Å²) in [7, 11) is 0. The summed E-state index contributed by atoms with van der Waals surface area (Å²) in [6.07, 6.45) is 2.89. The van der Waals surface area contributed by atoms with Gasteiger partial charge in [0.25, 0.3) is 0 Å². The Morgan fingerprint density at radius 2 is 1.67 bits per heavy atom. The van der Waals surface area contributed by atoms with Crippen LogP contribution in [0.15, 0.2) is 0 Å². The molecule has 15 heavy (non-hydrogen) atoms. The molecule has 5 heteroatoms. The average molecular weight is 215 g/mol. The van der Waals surface area contributed by atoms with Gasteiger partial charge in [0.15, 0.2) is 0 Å². The van der Waals surface area contributed by atoms with Gasteiger partial charge in [-0.2, -0.15) is 0 Å². The minimum absolute atomic E-state index is 0.0396. The Morgan fingerprint density at radius 3 is 2.27 bits per heavy atom. The maximum atomic E-state index is 11.1. The van der Waals surface area contributed by atoms with E-state index in [1.54, 1.807) is 0 Å². The predicted octanol–water partition coefficient (Wildman–Crippen LogP) is 0.612. The normalized spacial score (nSPS) is 9.47. The largest absolute Gasteiger partial charge is 0.355 e. The summed E-state index contributed by atoms with van der Waals surface area (Å²) in [5, 5.41) is 7.83. The predicted molar refractivity (Wildman–Crippen MR) is 59.6 cm³/mol. The molecule has 0 spiro atoms. The standard InChI is InChI=1S/C10H21N3O2/c1-3-5-7-12-10(15)13-8-9(14)11-6-4-2/h3-8H2,1-2H3,(H,11,14)(H2,12,13,15). The summed E-state index contributed by atoms with van der Waals surface area (Å²) >= 11 is 0. The third kappa shape index (κ3) is 9.05. The first-order valence-electron chi connectivity index (χ1n) is 5.49. The highest BCUT2D eigenvalue weighted by Crippen LogP contribution is 1.81. The Bertz CT molecular complexity index is 195. The van der Waals surface area contributed by atoms with Gasteiger partial charge in [-0.3, -0.25) is 4.79 Å². The van der Waals surface area contributed by atoms with Crippen LogP contribution in [-0.4, -0.2) is 31.6 Å². The van der Waals surface area contributed by atoms with Gasteiger partial charge in [-0.15, -0.1) is 0 Å². The van der Waals surface area contributed by atoms with Crippen LogP contribution >= 0.6 is 0 Å². The lowest BCUT2D eigenvalue weighted by Gasteiger charge is -2.07. The number of hydrogen-bond acceptors (Lipinski definition) is 2. The maximum absolute atomic E-state index is 11.1. The summed E-state index contributed by atoms with van der Waals surface area (Å²) in [6.45, 7) is 5.37. The first-order chi connectivity index (χ1) is 7.20. The fourth-order valence-electron chi connectivity index (χ4n) is 0.929. The molecule has 0 atom stereocenters. The first-order valence-corrected chi connectivity index (χ1v) is 5.49. The number of carbonyl (C=O) groups is 2. The minimum Gasteiger partial charge on any atom is -0.355 e. The van der Waals surface area contributed by atoms with Gasteiger partial charge >= 0.3 is 6.03 Å². The molecule has 0 aliphatic rings. The van der Waals surface area contributed by atoms with E-state index in [1.165, 1.54) is 0 Å². The lowest BCUT2D eigenvalue weighted by Crippen LogP contribution is -2.42. The van der Waals surface area contributed by atoms with Crippen molar-refractivity contribution >= 4 is 11.9 Å². The van der Waals surface area contributed by atoms with Crippen LogP contribution in [0.2, 0.25) is 0 Å². The number of amides is 3. The quantitative estimate of drug-likeness (QED) is 0.545.